The Bertz CT molecular complexity index is 938. The van der Waals surface area contributed by atoms with E-state index >= 15 is 0 Å². The lowest BCUT2D eigenvalue weighted by molar-refractivity contribution is 0.568. The Balaban J connectivity index is 1.96. The van der Waals surface area contributed by atoms with Crippen LogP contribution >= 0.6 is 0 Å². The summed E-state index contributed by atoms with van der Waals surface area (Å²) in [6.45, 7) is 9.13. The van der Waals surface area contributed by atoms with Crippen LogP contribution in [0.2, 0.25) is 0 Å². The van der Waals surface area contributed by atoms with E-state index < -0.39 is 10.0 Å². The number of sulfonamides is 1. The van der Waals surface area contributed by atoms with Crippen molar-refractivity contribution in [2.24, 2.45) is 4.99 Å². The van der Waals surface area contributed by atoms with Gasteiger partial charge in [0.1, 0.15) is 0 Å². The van der Waals surface area contributed by atoms with Crippen molar-refractivity contribution in [3.05, 3.63) is 70.8 Å². The zero-order chi connectivity index (χ0) is 22.1. The van der Waals surface area contributed by atoms with Gasteiger partial charge >= 0.3 is 0 Å². The van der Waals surface area contributed by atoms with Crippen molar-refractivity contribution < 1.29 is 8.42 Å². The molecule has 6 nitrogen and oxygen atoms in total. The maximum atomic E-state index is 12.3. The van der Waals surface area contributed by atoms with E-state index in [1.807, 2.05) is 38.1 Å². The molecule has 2 rings (SSSR count). The molecule has 1 unspecified atom stereocenters. The van der Waals surface area contributed by atoms with Crippen LogP contribution in [-0.4, -0.2) is 34.0 Å². The molecule has 30 heavy (non-hydrogen) atoms. The lowest BCUT2D eigenvalue weighted by Gasteiger charge is -2.18. The first kappa shape index (κ1) is 23.9. The van der Waals surface area contributed by atoms with Crippen LogP contribution in [-0.2, 0) is 22.3 Å². The third-order valence-corrected chi connectivity index (χ3v) is 6.29. The molecule has 0 spiro atoms. The predicted molar refractivity (Wildman–Crippen MR) is 125 cm³/mol. The summed E-state index contributed by atoms with van der Waals surface area (Å²) in [6.07, 6.45) is 0. The Kier molecular flexibility index (Phi) is 8.87. The second-order valence-electron chi connectivity index (χ2n) is 7.92. The van der Waals surface area contributed by atoms with E-state index in [0.717, 1.165) is 17.7 Å². The van der Waals surface area contributed by atoms with E-state index in [1.54, 1.807) is 7.05 Å². The molecule has 0 aromatic heterocycles. The van der Waals surface area contributed by atoms with Gasteiger partial charge in [0, 0.05) is 26.2 Å². The van der Waals surface area contributed by atoms with Crippen molar-refractivity contribution in [2.45, 2.75) is 52.0 Å². The first-order chi connectivity index (χ1) is 14.2. The van der Waals surface area contributed by atoms with Gasteiger partial charge in [0.25, 0.3) is 0 Å². The van der Waals surface area contributed by atoms with E-state index in [-0.39, 0.29) is 11.8 Å². The van der Waals surface area contributed by atoms with Crippen LogP contribution in [0.15, 0.2) is 53.5 Å². The minimum Gasteiger partial charge on any atom is -0.356 e. The molecule has 3 N–H and O–H groups in total. The Morgan fingerprint density at radius 3 is 2.20 bits per heavy atom. The zero-order valence-corrected chi connectivity index (χ0v) is 19.4. The first-order valence-corrected chi connectivity index (χ1v) is 11.9. The van der Waals surface area contributed by atoms with Crippen molar-refractivity contribution in [3.8, 4) is 0 Å². The smallest absolute Gasteiger partial charge is 0.216 e. The molecule has 0 amide bonds. The third-order valence-electron chi connectivity index (χ3n) is 4.77. The van der Waals surface area contributed by atoms with Crippen molar-refractivity contribution in [2.75, 3.05) is 13.6 Å². The number of nitrogens with zero attached hydrogens (tertiary/aromatic N) is 1. The molecule has 1 atom stereocenters. The number of guanidine groups is 1. The zero-order valence-electron chi connectivity index (χ0n) is 18.6. The summed E-state index contributed by atoms with van der Waals surface area (Å²) in [4.78, 5) is 4.29. The van der Waals surface area contributed by atoms with Gasteiger partial charge in [-0.05, 0) is 43.4 Å². The van der Waals surface area contributed by atoms with Crippen LogP contribution in [0, 0.1) is 6.92 Å². The lowest BCUT2D eigenvalue weighted by atomic mass is 10.0. The molecule has 0 fully saturated rings. The van der Waals surface area contributed by atoms with Crippen LogP contribution in [0.4, 0.5) is 0 Å². The number of benzene rings is 2. The van der Waals surface area contributed by atoms with Crippen molar-refractivity contribution >= 4 is 16.0 Å². The number of nitrogens with one attached hydrogen (secondary N) is 3. The van der Waals surface area contributed by atoms with Crippen LogP contribution in [0.5, 0.6) is 0 Å². The van der Waals surface area contributed by atoms with Gasteiger partial charge in [-0.25, -0.2) is 13.1 Å². The van der Waals surface area contributed by atoms with Gasteiger partial charge in [-0.3, -0.25) is 4.99 Å². The monoisotopic (exact) mass is 430 g/mol. The highest BCUT2D eigenvalue weighted by Crippen LogP contribution is 2.15. The molecule has 2 aromatic rings. The van der Waals surface area contributed by atoms with Crippen LogP contribution in [0.3, 0.4) is 0 Å². The van der Waals surface area contributed by atoms with Crippen molar-refractivity contribution in [1.29, 1.82) is 0 Å². The number of hydrogen-bond donors (Lipinski definition) is 3. The van der Waals surface area contributed by atoms with Crippen LogP contribution in [0.25, 0.3) is 0 Å². The highest BCUT2D eigenvalue weighted by molar-refractivity contribution is 7.88. The van der Waals surface area contributed by atoms with E-state index in [9.17, 15) is 8.42 Å². The van der Waals surface area contributed by atoms with E-state index in [1.165, 1.54) is 11.1 Å². The van der Waals surface area contributed by atoms with Crippen LogP contribution < -0.4 is 15.4 Å². The first-order valence-electron chi connectivity index (χ1n) is 10.3. The van der Waals surface area contributed by atoms with Gasteiger partial charge in [-0.2, -0.15) is 0 Å². The normalized spacial score (nSPS) is 13.3. The SMILES string of the molecule is CN=C(NCc1ccccc1CS(=O)(=O)NC(C)C)NCC(C)c1ccc(C)cc1. The Labute approximate surface area is 181 Å². The fourth-order valence-electron chi connectivity index (χ4n) is 3.14. The Morgan fingerprint density at radius 2 is 1.60 bits per heavy atom. The highest BCUT2D eigenvalue weighted by Gasteiger charge is 2.15. The van der Waals surface area contributed by atoms with Gasteiger partial charge in [0.2, 0.25) is 10.0 Å². The molecule has 0 radical (unpaired) electrons. The van der Waals surface area contributed by atoms with E-state index in [2.05, 4.69) is 58.5 Å². The van der Waals surface area contributed by atoms with Crippen molar-refractivity contribution in [3.63, 3.8) is 0 Å². The van der Waals surface area contributed by atoms with Gasteiger partial charge in [0.05, 0.1) is 5.75 Å². The second-order valence-corrected chi connectivity index (χ2v) is 9.67. The number of rotatable bonds is 9. The van der Waals surface area contributed by atoms with Gasteiger partial charge in [0.15, 0.2) is 5.96 Å². The van der Waals surface area contributed by atoms with Crippen molar-refractivity contribution in [1.82, 2.24) is 15.4 Å². The molecule has 7 heteroatoms. The average molecular weight is 431 g/mol. The standard InChI is InChI=1S/C23H34N4O2S/c1-17(2)27-30(28,29)16-22-9-7-6-8-21(22)15-26-23(24-5)25-14-19(4)20-12-10-18(3)11-13-20/h6-13,17,19,27H,14-16H2,1-5H3,(H2,24,25,26). The second kappa shape index (κ2) is 11.1. The summed E-state index contributed by atoms with van der Waals surface area (Å²) >= 11 is 0. The summed E-state index contributed by atoms with van der Waals surface area (Å²) in [5, 5.41) is 6.65. The lowest BCUT2D eigenvalue weighted by Crippen LogP contribution is -2.39. The molecule has 0 aliphatic carbocycles. The minimum absolute atomic E-state index is 0.0421. The molecule has 2 aromatic carbocycles. The summed E-state index contributed by atoms with van der Waals surface area (Å²) < 4.78 is 27.3. The summed E-state index contributed by atoms with van der Waals surface area (Å²) in [6, 6.07) is 16.0. The summed E-state index contributed by atoms with van der Waals surface area (Å²) in [7, 11) is -1.65. The molecule has 164 valence electrons. The van der Waals surface area contributed by atoms with E-state index in [0.29, 0.717) is 18.4 Å². The number of aliphatic imine (C=N–C) groups is 1. The molecule has 0 saturated heterocycles. The largest absolute Gasteiger partial charge is 0.356 e. The molecule has 0 bridgehead atoms. The maximum Gasteiger partial charge on any atom is 0.216 e. The fraction of sp³-hybridized carbons (Fsp3) is 0.435. The van der Waals surface area contributed by atoms with Gasteiger partial charge in [-0.15, -0.1) is 0 Å². The Hall–Kier alpha value is -2.38. The number of hydrogen-bond acceptors (Lipinski definition) is 3. The average Bonchev–Trinajstić information content (AvgIpc) is 2.68. The molecule has 0 heterocycles. The fourth-order valence-corrected chi connectivity index (χ4v) is 4.63. The minimum atomic E-state index is -3.38. The summed E-state index contributed by atoms with van der Waals surface area (Å²) in [5.74, 6) is 0.982. The Morgan fingerprint density at radius 1 is 0.967 bits per heavy atom. The van der Waals surface area contributed by atoms with Gasteiger partial charge in [-0.1, -0.05) is 61.0 Å². The van der Waals surface area contributed by atoms with Gasteiger partial charge < -0.3 is 10.6 Å². The predicted octanol–water partition coefficient (Wildman–Crippen LogP) is 3.29. The van der Waals surface area contributed by atoms with Crippen LogP contribution in [0.1, 0.15) is 48.9 Å². The maximum absolute atomic E-state index is 12.3. The topological polar surface area (TPSA) is 82.6 Å². The highest BCUT2D eigenvalue weighted by atomic mass is 32.2. The number of aryl methyl sites for hydroxylation is 1. The quantitative estimate of drug-likeness (QED) is 0.421. The molecule has 0 aliphatic heterocycles. The summed E-state index contributed by atoms with van der Waals surface area (Å²) in [5.41, 5.74) is 4.24. The van der Waals surface area contributed by atoms with E-state index in [4.69, 9.17) is 0 Å². The molecular weight excluding hydrogens is 396 g/mol. The molecule has 0 aliphatic rings. The third kappa shape index (κ3) is 7.80. The molecular formula is C23H34N4O2S. The molecule has 0 saturated carbocycles.